The van der Waals surface area contributed by atoms with Gasteiger partial charge in [0.2, 0.25) is 0 Å². The molecule has 0 aliphatic carbocycles. The van der Waals surface area contributed by atoms with Gasteiger partial charge in [0.05, 0.1) is 16.5 Å². The highest BCUT2D eigenvalue weighted by atomic mass is 32.1. The van der Waals surface area contributed by atoms with Crippen molar-refractivity contribution in [2.45, 2.75) is 12.8 Å². The minimum atomic E-state index is -0.338. The maximum absolute atomic E-state index is 12.0. The maximum Gasteiger partial charge on any atom is 0.311 e. The number of benzene rings is 2. The second-order valence-corrected chi connectivity index (χ2v) is 6.69. The molecule has 134 valence electrons. The molecule has 0 saturated carbocycles. The number of rotatable bonds is 6. The molecule has 0 atom stereocenters. The summed E-state index contributed by atoms with van der Waals surface area (Å²) < 4.78 is 5.31. The Kier molecular flexibility index (Phi) is 5.98. The predicted molar refractivity (Wildman–Crippen MR) is 104 cm³/mol. The van der Waals surface area contributed by atoms with Gasteiger partial charge in [-0.05, 0) is 59.8 Å². The van der Waals surface area contributed by atoms with Crippen molar-refractivity contribution < 1.29 is 14.3 Å². The fraction of sp³-hybridized carbons (Fsp3) is 0.0952. The van der Waals surface area contributed by atoms with Crippen LogP contribution in [-0.4, -0.2) is 11.9 Å². The number of hydrogen-bond acceptors (Lipinski definition) is 5. The Hall–Kier alpha value is -3.43. The van der Waals surface area contributed by atoms with E-state index in [2.05, 4.69) is 11.4 Å². The molecule has 0 spiro atoms. The molecule has 1 N–H and O–H groups in total. The summed E-state index contributed by atoms with van der Waals surface area (Å²) in [4.78, 5) is 24.6. The average molecular weight is 376 g/mol. The Morgan fingerprint density at radius 1 is 1.04 bits per heavy atom. The molecule has 3 rings (SSSR count). The van der Waals surface area contributed by atoms with Gasteiger partial charge in [0.1, 0.15) is 5.75 Å². The molecule has 27 heavy (non-hydrogen) atoms. The largest absolute Gasteiger partial charge is 0.427 e. The van der Waals surface area contributed by atoms with Crippen LogP contribution < -0.4 is 10.1 Å². The highest BCUT2D eigenvalue weighted by Gasteiger charge is 2.08. The van der Waals surface area contributed by atoms with Gasteiger partial charge >= 0.3 is 5.97 Å². The van der Waals surface area contributed by atoms with Crippen LogP contribution in [-0.2, 0) is 11.2 Å². The summed E-state index contributed by atoms with van der Waals surface area (Å²) in [6, 6.07) is 19.4. The van der Waals surface area contributed by atoms with Gasteiger partial charge in [-0.15, -0.1) is 11.3 Å². The number of anilines is 1. The third kappa shape index (κ3) is 5.27. The van der Waals surface area contributed by atoms with Crippen LogP contribution in [0.3, 0.4) is 0 Å². The van der Waals surface area contributed by atoms with Crippen LogP contribution in [0.1, 0.15) is 27.2 Å². The first-order valence-electron chi connectivity index (χ1n) is 8.29. The Bertz CT molecular complexity index is 956. The SMILES string of the molecule is N#Cc1ccc(CCC(=O)Oc2ccc(NC(=O)c3cccs3)cc2)cc1. The van der Waals surface area contributed by atoms with Crippen molar-refractivity contribution in [1.82, 2.24) is 0 Å². The van der Waals surface area contributed by atoms with Crippen LogP contribution in [0, 0.1) is 11.3 Å². The fourth-order valence-corrected chi connectivity index (χ4v) is 3.00. The predicted octanol–water partition coefficient (Wildman–Crippen LogP) is 4.41. The number of carbonyl (C=O) groups excluding carboxylic acids is 2. The van der Waals surface area contributed by atoms with E-state index in [-0.39, 0.29) is 18.3 Å². The highest BCUT2D eigenvalue weighted by molar-refractivity contribution is 7.12. The van der Waals surface area contributed by atoms with Crippen LogP contribution in [0.5, 0.6) is 5.75 Å². The topological polar surface area (TPSA) is 79.2 Å². The van der Waals surface area contributed by atoms with E-state index in [1.165, 1.54) is 11.3 Å². The van der Waals surface area contributed by atoms with Gasteiger partial charge in [0.15, 0.2) is 0 Å². The van der Waals surface area contributed by atoms with E-state index in [9.17, 15) is 9.59 Å². The van der Waals surface area contributed by atoms with Crippen molar-refractivity contribution in [3.63, 3.8) is 0 Å². The normalized spacial score (nSPS) is 10.0. The lowest BCUT2D eigenvalue weighted by molar-refractivity contribution is -0.134. The third-order valence-corrected chi connectivity index (χ3v) is 4.66. The van der Waals surface area contributed by atoms with Crippen molar-refractivity contribution >= 4 is 28.9 Å². The van der Waals surface area contributed by atoms with Crippen molar-refractivity contribution in [3.05, 3.63) is 82.0 Å². The Labute approximate surface area is 160 Å². The summed E-state index contributed by atoms with van der Waals surface area (Å²) in [5, 5.41) is 13.4. The first-order valence-corrected chi connectivity index (χ1v) is 9.16. The minimum absolute atomic E-state index is 0.169. The van der Waals surface area contributed by atoms with Gasteiger partial charge in [0.25, 0.3) is 5.91 Å². The molecule has 0 aliphatic rings. The molecule has 3 aromatic rings. The molecule has 5 nitrogen and oxygen atoms in total. The molecule has 0 unspecified atom stereocenters. The fourth-order valence-electron chi connectivity index (χ4n) is 2.38. The van der Waals surface area contributed by atoms with Crippen LogP contribution in [0.2, 0.25) is 0 Å². The number of nitrogens with zero attached hydrogens (tertiary/aromatic N) is 1. The first-order chi connectivity index (χ1) is 13.1. The molecule has 0 bridgehead atoms. The van der Waals surface area contributed by atoms with Crippen molar-refractivity contribution in [3.8, 4) is 11.8 Å². The molecule has 0 fully saturated rings. The second kappa shape index (κ2) is 8.79. The van der Waals surface area contributed by atoms with E-state index in [4.69, 9.17) is 10.00 Å². The van der Waals surface area contributed by atoms with Crippen molar-refractivity contribution in [2.24, 2.45) is 0 Å². The van der Waals surface area contributed by atoms with E-state index in [1.807, 2.05) is 23.6 Å². The molecule has 0 saturated heterocycles. The number of hydrogen-bond donors (Lipinski definition) is 1. The zero-order chi connectivity index (χ0) is 19.1. The lowest BCUT2D eigenvalue weighted by Crippen LogP contribution is -2.11. The maximum atomic E-state index is 12.0. The number of esters is 1. The van der Waals surface area contributed by atoms with Crippen molar-refractivity contribution in [1.29, 1.82) is 5.26 Å². The van der Waals surface area contributed by atoms with E-state index in [0.717, 1.165) is 5.56 Å². The summed E-state index contributed by atoms with van der Waals surface area (Å²) in [5.74, 6) is -0.0826. The number of aryl methyl sites for hydroxylation is 1. The molecule has 0 radical (unpaired) electrons. The quantitative estimate of drug-likeness (QED) is 0.510. The van der Waals surface area contributed by atoms with Crippen LogP contribution >= 0.6 is 11.3 Å². The van der Waals surface area contributed by atoms with Gasteiger partial charge in [0, 0.05) is 12.1 Å². The number of ether oxygens (including phenoxy) is 1. The molecular weight excluding hydrogens is 360 g/mol. The van der Waals surface area contributed by atoms with E-state index < -0.39 is 0 Å². The monoisotopic (exact) mass is 376 g/mol. The van der Waals surface area contributed by atoms with Crippen molar-refractivity contribution in [2.75, 3.05) is 5.32 Å². The second-order valence-electron chi connectivity index (χ2n) is 5.74. The molecule has 1 heterocycles. The molecule has 2 aromatic carbocycles. The third-order valence-electron chi connectivity index (χ3n) is 3.79. The number of nitrogens with one attached hydrogen (secondary N) is 1. The zero-order valence-electron chi connectivity index (χ0n) is 14.3. The van der Waals surface area contributed by atoms with Gasteiger partial charge < -0.3 is 10.1 Å². The molecule has 0 aliphatic heterocycles. The van der Waals surface area contributed by atoms with Gasteiger partial charge in [-0.3, -0.25) is 9.59 Å². The summed E-state index contributed by atoms with van der Waals surface area (Å²) in [6.07, 6.45) is 0.780. The number of amides is 1. The van der Waals surface area contributed by atoms with Gasteiger partial charge in [-0.2, -0.15) is 5.26 Å². The molecule has 1 amide bonds. The van der Waals surface area contributed by atoms with E-state index in [0.29, 0.717) is 28.3 Å². The number of nitriles is 1. The standard InChI is InChI=1S/C21H16N2O3S/c22-14-16-5-3-15(4-6-16)7-12-20(24)26-18-10-8-17(9-11-18)23-21(25)19-2-1-13-27-19/h1-6,8-11,13H,7,12H2,(H,23,25). The Morgan fingerprint density at radius 2 is 1.78 bits per heavy atom. The highest BCUT2D eigenvalue weighted by Crippen LogP contribution is 2.18. The summed E-state index contributed by atoms with van der Waals surface area (Å²) in [5.41, 5.74) is 2.19. The Morgan fingerprint density at radius 3 is 2.41 bits per heavy atom. The smallest absolute Gasteiger partial charge is 0.311 e. The van der Waals surface area contributed by atoms with Crippen LogP contribution in [0.4, 0.5) is 5.69 Å². The van der Waals surface area contributed by atoms with Gasteiger partial charge in [-0.1, -0.05) is 18.2 Å². The number of carbonyl (C=O) groups is 2. The minimum Gasteiger partial charge on any atom is -0.427 e. The summed E-state index contributed by atoms with van der Waals surface area (Å²) >= 11 is 1.37. The van der Waals surface area contributed by atoms with Gasteiger partial charge in [-0.25, -0.2) is 0 Å². The molecule has 1 aromatic heterocycles. The van der Waals surface area contributed by atoms with E-state index in [1.54, 1.807) is 42.5 Å². The van der Waals surface area contributed by atoms with Crippen LogP contribution in [0.25, 0.3) is 0 Å². The Balaban J connectivity index is 1.49. The summed E-state index contributed by atoms with van der Waals surface area (Å²) in [7, 11) is 0. The zero-order valence-corrected chi connectivity index (χ0v) is 15.2. The summed E-state index contributed by atoms with van der Waals surface area (Å²) in [6.45, 7) is 0. The molecule has 6 heteroatoms. The lowest BCUT2D eigenvalue weighted by Gasteiger charge is -2.07. The first kappa shape index (κ1) is 18.4. The average Bonchev–Trinajstić information content (AvgIpc) is 3.23. The molecular formula is C21H16N2O3S. The van der Waals surface area contributed by atoms with Crippen LogP contribution in [0.15, 0.2) is 66.0 Å². The number of thiophene rings is 1. The lowest BCUT2D eigenvalue weighted by atomic mass is 10.1. The van der Waals surface area contributed by atoms with E-state index >= 15 is 0 Å².